The number of nitro benzene ring substituents is 1. The minimum Gasteiger partial charge on any atom is -0.418 e. The van der Waals surface area contributed by atoms with Crippen molar-refractivity contribution in [3.05, 3.63) is 86.7 Å². The zero-order valence-corrected chi connectivity index (χ0v) is 13.0. The zero-order chi connectivity index (χ0) is 18.1. The Morgan fingerprint density at radius 3 is 2.08 bits per heavy atom. The third kappa shape index (κ3) is 2.83. The van der Waals surface area contributed by atoms with Crippen LogP contribution in [0.4, 0.5) is 5.69 Å². The van der Waals surface area contributed by atoms with E-state index in [-0.39, 0.29) is 39.5 Å². The van der Waals surface area contributed by atoms with E-state index in [0.29, 0.717) is 0 Å². The van der Waals surface area contributed by atoms with Crippen LogP contribution in [0, 0.1) is 10.1 Å². The van der Waals surface area contributed by atoms with Gasteiger partial charge in [0.05, 0.1) is 10.5 Å². The molecule has 25 heavy (non-hydrogen) atoms. The Bertz CT molecular complexity index is 956. The maximum Gasteiger partial charge on any atom is 0.343 e. The SMILES string of the molecule is CC1=C(OC(=O)c2ccc([N+](=O)[O-])cc2)C(=O)c2ccccc2C1=O. The molecule has 124 valence electrons. The van der Waals surface area contributed by atoms with Gasteiger partial charge < -0.3 is 4.74 Å². The number of hydrogen-bond donors (Lipinski definition) is 0. The summed E-state index contributed by atoms with van der Waals surface area (Å²) in [5, 5.41) is 10.6. The molecule has 0 radical (unpaired) electrons. The van der Waals surface area contributed by atoms with E-state index in [1.807, 2.05) is 0 Å². The molecular weight excluding hydrogens is 326 g/mol. The second-order valence-electron chi connectivity index (χ2n) is 5.35. The maximum absolute atomic E-state index is 12.5. The smallest absolute Gasteiger partial charge is 0.343 e. The molecule has 0 aliphatic heterocycles. The number of hydrogen-bond acceptors (Lipinski definition) is 6. The van der Waals surface area contributed by atoms with Gasteiger partial charge in [0.25, 0.3) is 5.69 Å². The normalized spacial score (nSPS) is 13.5. The third-order valence-corrected chi connectivity index (χ3v) is 3.81. The summed E-state index contributed by atoms with van der Waals surface area (Å²) in [6, 6.07) is 11.0. The summed E-state index contributed by atoms with van der Waals surface area (Å²) in [7, 11) is 0. The molecular formula is C18H11NO6. The highest BCUT2D eigenvalue weighted by atomic mass is 16.6. The average molecular weight is 337 g/mol. The van der Waals surface area contributed by atoms with Crippen molar-refractivity contribution in [1.82, 2.24) is 0 Å². The van der Waals surface area contributed by atoms with Gasteiger partial charge in [-0.1, -0.05) is 24.3 Å². The number of carbonyl (C=O) groups is 3. The highest BCUT2D eigenvalue weighted by Gasteiger charge is 2.32. The summed E-state index contributed by atoms with van der Waals surface area (Å²) in [5.41, 5.74) is 0.332. The lowest BCUT2D eigenvalue weighted by Gasteiger charge is -2.18. The first-order chi connectivity index (χ1) is 11.9. The van der Waals surface area contributed by atoms with Crippen LogP contribution in [0.25, 0.3) is 0 Å². The predicted molar refractivity (Wildman–Crippen MR) is 86.3 cm³/mol. The molecule has 0 aromatic heterocycles. The van der Waals surface area contributed by atoms with E-state index in [0.717, 1.165) is 12.1 Å². The van der Waals surface area contributed by atoms with Crippen molar-refractivity contribution < 1.29 is 24.0 Å². The van der Waals surface area contributed by atoms with E-state index in [4.69, 9.17) is 4.74 Å². The zero-order valence-electron chi connectivity index (χ0n) is 13.0. The van der Waals surface area contributed by atoms with E-state index < -0.39 is 16.7 Å². The van der Waals surface area contributed by atoms with E-state index in [2.05, 4.69) is 0 Å². The number of rotatable bonds is 3. The van der Waals surface area contributed by atoms with Crippen LogP contribution in [-0.4, -0.2) is 22.5 Å². The van der Waals surface area contributed by atoms with Crippen LogP contribution < -0.4 is 0 Å². The van der Waals surface area contributed by atoms with Crippen molar-refractivity contribution in [3.8, 4) is 0 Å². The molecule has 0 N–H and O–H groups in total. The Balaban J connectivity index is 1.90. The molecule has 0 heterocycles. The van der Waals surface area contributed by atoms with Crippen LogP contribution in [0.2, 0.25) is 0 Å². The number of allylic oxidation sites excluding steroid dienone is 2. The minimum absolute atomic E-state index is 0.0324. The Hall–Kier alpha value is -3.61. The fourth-order valence-corrected chi connectivity index (χ4v) is 2.47. The van der Waals surface area contributed by atoms with E-state index in [1.165, 1.54) is 31.2 Å². The number of esters is 1. The number of nitrogens with zero attached hydrogens (tertiary/aromatic N) is 1. The van der Waals surface area contributed by atoms with Crippen molar-refractivity contribution >= 4 is 23.2 Å². The van der Waals surface area contributed by atoms with Gasteiger partial charge in [-0.2, -0.15) is 0 Å². The average Bonchev–Trinajstić information content (AvgIpc) is 2.63. The molecule has 0 fully saturated rings. The number of benzene rings is 2. The highest BCUT2D eigenvalue weighted by molar-refractivity contribution is 6.26. The largest absolute Gasteiger partial charge is 0.418 e. The Morgan fingerprint density at radius 2 is 1.52 bits per heavy atom. The molecule has 1 aliphatic rings. The van der Waals surface area contributed by atoms with Gasteiger partial charge >= 0.3 is 5.97 Å². The monoisotopic (exact) mass is 337 g/mol. The lowest BCUT2D eigenvalue weighted by atomic mass is 9.89. The number of ketones is 2. The first kappa shape index (κ1) is 16.3. The molecule has 0 bridgehead atoms. The maximum atomic E-state index is 12.5. The highest BCUT2D eigenvalue weighted by Crippen LogP contribution is 2.27. The minimum atomic E-state index is -0.871. The summed E-state index contributed by atoms with van der Waals surface area (Å²) in [6.45, 7) is 1.41. The van der Waals surface area contributed by atoms with Crippen LogP contribution in [0.15, 0.2) is 59.9 Å². The van der Waals surface area contributed by atoms with Crippen LogP contribution in [0.1, 0.15) is 38.0 Å². The molecule has 0 atom stereocenters. The molecule has 0 saturated heterocycles. The van der Waals surface area contributed by atoms with Gasteiger partial charge in [-0.05, 0) is 19.1 Å². The Kier molecular flexibility index (Phi) is 3.98. The summed E-state index contributed by atoms with van der Waals surface area (Å²) in [4.78, 5) is 47.1. The summed E-state index contributed by atoms with van der Waals surface area (Å²) >= 11 is 0. The van der Waals surface area contributed by atoms with Crippen LogP contribution in [0.5, 0.6) is 0 Å². The number of Topliss-reactive ketones (excluding diaryl/α,β-unsaturated/α-hetero) is 2. The lowest BCUT2D eigenvalue weighted by molar-refractivity contribution is -0.384. The van der Waals surface area contributed by atoms with E-state index in [9.17, 15) is 24.5 Å². The fraction of sp³-hybridized carbons (Fsp3) is 0.0556. The van der Waals surface area contributed by atoms with Crippen LogP contribution in [0.3, 0.4) is 0 Å². The number of fused-ring (bicyclic) bond motifs is 1. The van der Waals surface area contributed by atoms with E-state index in [1.54, 1.807) is 12.1 Å². The van der Waals surface area contributed by atoms with Gasteiger partial charge in [0, 0.05) is 28.8 Å². The van der Waals surface area contributed by atoms with Gasteiger partial charge in [-0.15, -0.1) is 0 Å². The first-order valence-electron chi connectivity index (χ1n) is 7.26. The summed E-state index contributed by atoms with van der Waals surface area (Å²) in [6.07, 6.45) is 0. The molecule has 7 nitrogen and oxygen atoms in total. The second kappa shape index (κ2) is 6.12. The topological polar surface area (TPSA) is 104 Å². The molecule has 3 rings (SSSR count). The predicted octanol–water partition coefficient (Wildman–Crippen LogP) is 3.10. The second-order valence-corrected chi connectivity index (χ2v) is 5.35. The van der Waals surface area contributed by atoms with Crippen LogP contribution in [-0.2, 0) is 4.74 Å². The molecule has 0 saturated carbocycles. The van der Waals surface area contributed by atoms with Crippen molar-refractivity contribution in [2.75, 3.05) is 0 Å². The number of non-ortho nitro benzene ring substituents is 1. The van der Waals surface area contributed by atoms with Gasteiger partial charge in [0.15, 0.2) is 11.5 Å². The Labute approximate surface area is 141 Å². The van der Waals surface area contributed by atoms with Gasteiger partial charge in [-0.25, -0.2) is 4.79 Å². The number of nitro groups is 1. The summed E-state index contributed by atoms with van der Waals surface area (Å²) < 4.78 is 5.13. The lowest BCUT2D eigenvalue weighted by Crippen LogP contribution is -2.24. The summed E-state index contributed by atoms with van der Waals surface area (Å²) in [5.74, 6) is -2.14. The molecule has 2 aromatic carbocycles. The molecule has 0 unspecified atom stereocenters. The fourth-order valence-electron chi connectivity index (χ4n) is 2.47. The number of carbonyl (C=O) groups excluding carboxylic acids is 3. The quantitative estimate of drug-likeness (QED) is 0.484. The molecule has 1 aliphatic carbocycles. The van der Waals surface area contributed by atoms with Crippen molar-refractivity contribution in [2.45, 2.75) is 6.92 Å². The first-order valence-corrected chi connectivity index (χ1v) is 7.26. The van der Waals surface area contributed by atoms with Crippen molar-refractivity contribution in [2.24, 2.45) is 0 Å². The van der Waals surface area contributed by atoms with Crippen LogP contribution >= 0.6 is 0 Å². The molecule has 7 heteroatoms. The molecule has 0 amide bonds. The van der Waals surface area contributed by atoms with E-state index >= 15 is 0 Å². The van der Waals surface area contributed by atoms with Gasteiger partial charge in [0.2, 0.25) is 5.78 Å². The Morgan fingerprint density at radius 1 is 0.960 bits per heavy atom. The van der Waals surface area contributed by atoms with Gasteiger partial charge in [0.1, 0.15) is 0 Å². The third-order valence-electron chi connectivity index (χ3n) is 3.81. The molecule has 2 aromatic rings. The molecule has 0 spiro atoms. The van der Waals surface area contributed by atoms with Crippen molar-refractivity contribution in [3.63, 3.8) is 0 Å². The standard InChI is InChI=1S/C18H11NO6/c1-10-15(20)13-4-2-3-5-14(13)16(21)17(10)25-18(22)11-6-8-12(9-7-11)19(23)24/h2-9H,1H3. The van der Waals surface area contributed by atoms with Gasteiger partial charge in [-0.3, -0.25) is 19.7 Å². The van der Waals surface area contributed by atoms with Crippen molar-refractivity contribution in [1.29, 1.82) is 0 Å². The number of ether oxygens (including phenoxy) is 1.